The fourth-order valence-electron chi connectivity index (χ4n) is 2.17. The molecule has 0 aliphatic heterocycles. The normalized spacial score (nSPS) is 10.5. The largest absolute Gasteiger partial charge is 0.347 e. The standard InChI is InChI=1S/C13H15N5O4/c1-8-12(18(21)22)9(2)17(15-8)7-11(19)14-13(20)10-5-4-6-16(10)3/h4-6H,7H2,1-3H3,(H,14,19,20). The maximum absolute atomic E-state index is 11.9. The molecular formula is C13H15N5O4. The minimum absolute atomic E-state index is 0.124. The van der Waals surface area contributed by atoms with Crippen molar-refractivity contribution in [1.82, 2.24) is 19.7 Å². The summed E-state index contributed by atoms with van der Waals surface area (Å²) in [6, 6.07) is 3.26. The van der Waals surface area contributed by atoms with Gasteiger partial charge in [0, 0.05) is 13.2 Å². The zero-order valence-corrected chi connectivity index (χ0v) is 12.4. The molecule has 0 aliphatic carbocycles. The van der Waals surface area contributed by atoms with Crippen molar-refractivity contribution in [3.63, 3.8) is 0 Å². The molecule has 0 aromatic carbocycles. The first-order valence-corrected chi connectivity index (χ1v) is 6.45. The lowest BCUT2D eigenvalue weighted by Crippen LogP contribution is -2.34. The van der Waals surface area contributed by atoms with Crippen LogP contribution in [0.5, 0.6) is 0 Å². The molecule has 2 heterocycles. The number of hydrogen-bond acceptors (Lipinski definition) is 5. The number of nitro groups is 1. The number of rotatable bonds is 4. The highest BCUT2D eigenvalue weighted by Gasteiger charge is 2.23. The predicted octanol–water partition coefficient (Wildman–Crippen LogP) is 0.703. The summed E-state index contributed by atoms with van der Waals surface area (Å²) in [7, 11) is 1.68. The summed E-state index contributed by atoms with van der Waals surface area (Å²) in [6.45, 7) is 2.73. The van der Waals surface area contributed by atoms with E-state index in [0.29, 0.717) is 5.69 Å². The molecule has 1 N–H and O–H groups in total. The third-order valence-electron chi connectivity index (χ3n) is 3.25. The summed E-state index contributed by atoms with van der Waals surface area (Å²) >= 11 is 0. The molecule has 0 atom stereocenters. The fourth-order valence-corrected chi connectivity index (χ4v) is 2.17. The Morgan fingerprint density at radius 1 is 1.41 bits per heavy atom. The molecule has 2 rings (SSSR count). The zero-order chi connectivity index (χ0) is 16.4. The lowest BCUT2D eigenvalue weighted by Gasteiger charge is -2.06. The Labute approximate surface area is 125 Å². The van der Waals surface area contributed by atoms with Crippen LogP contribution in [0.15, 0.2) is 18.3 Å². The first-order valence-electron chi connectivity index (χ1n) is 6.45. The Morgan fingerprint density at radius 2 is 2.09 bits per heavy atom. The second-order valence-electron chi connectivity index (χ2n) is 4.82. The number of imide groups is 1. The highest BCUT2D eigenvalue weighted by atomic mass is 16.6. The first kappa shape index (κ1) is 15.4. The van der Waals surface area contributed by atoms with Crippen LogP contribution >= 0.6 is 0 Å². The van der Waals surface area contributed by atoms with Crippen LogP contribution in [0, 0.1) is 24.0 Å². The molecule has 2 aromatic heterocycles. The Bertz CT molecular complexity index is 759. The SMILES string of the molecule is Cc1nn(CC(=O)NC(=O)c2cccn2C)c(C)c1[N+](=O)[O-]. The maximum atomic E-state index is 11.9. The monoisotopic (exact) mass is 305 g/mol. The van der Waals surface area contributed by atoms with Gasteiger partial charge in [-0.25, -0.2) is 0 Å². The van der Waals surface area contributed by atoms with Gasteiger partial charge in [-0.2, -0.15) is 5.10 Å². The van der Waals surface area contributed by atoms with Crippen molar-refractivity contribution in [3.8, 4) is 0 Å². The highest BCUT2D eigenvalue weighted by Crippen LogP contribution is 2.21. The Morgan fingerprint density at radius 3 is 2.59 bits per heavy atom. The number of amides is 2. The van der Waals surface area contributed by atoms with Crippen LogP contribution in [0.2, 0.25) is 0 Å². The fraction of sp³-hybridized carbons (Fsp3) is 0.308. The molecular weight excluding hydrogens is 290 g/mol. The van der Waals surface area contributed by atoms with Gasteiger partial charge in [0.05, 0.1) is 4.92 Å². The van der Waals surface area contributed by atoms with E-state index in [-0.39, 0.29) is 23.6 Å². The van der Waals surface area contributed by atoms with Crippen molar-refractivity contribution in [2.45, 2.75) is 20.4 Å². The predicted molar refractivity (Wildman–Crippen MR) is 76.2 cm³/mol. The molecule has 9 heteroatoms. The van der Waals surface area contributed by atoms with Gasteiger partial charge < -0.3 is 4.57 Å². The summed E-state index contributed by atoms with van der Waals surface area (Å²) in [5.74, 6) is -1.12. The number of nitrogens with zero attached hydrogens (tertiary/aromatic N) is 4. The molecule has 2 aromatic rings. The van der Waals surface area contributed by atoms with Crippen LogP contribution in [0.3, 0.4) is 0 Å². The van der Waals surface area contributed by atoms with Gasteiger partial charge in [0.1, 0.15) is 23.6 Å². The number of nitrogens with one attached hydrogen (secondary N) is 1. The van der Waals surface area contributed by atoms with Crippen LogP contribution in [-0.2, 0) is 18.4 Å². The summed E-state index contributed by atoms with van der Waals surface area (Å²) in [6.07, 6.45) is 1.68. The summed E-state index contributed by atoms with van der Waals surface area (Å²) < 4.78 is 2.79. The van der Waals surface area contributed by atoms with Crippen molar-refractivity contribution in [2.75, 3.05) is 0 Å². The van der Waals surface area contributed by atoms with E-state index in [1.807, 2.05) is 0 Å². The second kappa shape index (κ2) is 5.80. The number of carbonyl (C=O) groups is 2. The molecule has 0 saturated heterocycles. The van der Waals surface area contributed by atoms with Crippen LogP contribution in [0.4, 0.5) is 5.69 Å². The van der Waals surface area contributed by atoms with E-state index in [1.54, 1.807) is 29.9 Å². The highest BCUT2D eigenvalue weighted by molar-refractivity contribution is 6.03. The van der Waals surface area contributed by atoms with E-state index in [2.05, 4.69) is 10.4 Å². The van der Waals surface area contributed by atoms with Gasteiger partial charge in [0.2, 0.25) is 5.91 Å². The van der Waals surface area contributed by atoms with Crippen molar-refractivity contribution < 1.29 is 14.5 Å². The topological polar surface area (TPSA) is 112 Å². The summed E-state index contributed by atoms with van der Waals surface area (Å²) in [5, 5.41) is 17.1. The van der Waals surface area contributed by atoms with E-state index >= 15 is 0 Å². The molecule has 0 bridgehead atoms. The molecule has 116 valence electrons. The van der Waals surface area contributed by atoms with E-state index in [1.165, 1.54) is 18.5 Å². The van der Waals surface area contributed by atoms with E-state index < -0.39 is 16.7 Å². The molecule has 0 aliphatic rings. The minimum atomic E-state index is -0.591. The molecule has 0 fully saturated rings. The lowest BCUT2D eigenvalue weighted by atomic mass is 10.3. The summed E-state index contributed by atoms with van der Waals surface area (Å²) in [4.78, 5) is 34.2. The van der Waals surface area contributed by atoms with Crippen molar-refractivity contribution in [2.24, 2.45) is 7.05 Å². The lowest BCUT2D eigenvalue weighted by molar-refractivity contribution is -0.386. The van der Waals surface area contributed by atoms with Crippen LogP contribution < -0.4 is 5.32 Å². The van der Waals surface area contributed by atoms with Gasteiger partial charge in [-0.3, -0.25) is 29.7 Å². The van der Waals surface area contributed by atoms with Gasteiger partial charge in [-0.05, 0) is 26.0 Å². The number of aromatic nitrogens is 3. The van der Waals surface area contributed by atoms with E-state index in [9.17, 15) is 19.7 Å². The molecule has 22 heavy (non-hydrogen) atoms. The minimum Gasteiger partial charge on any atom is -0.347 e. The Balaban J connectivity index is 2.10. The Kier molecular flexibility index (Phi) is 4.06. The van der Waals surface area contributed by atoms with Gasteiger partial charge in [0.25, 0.3) is 5.91 Å². The van der Waals surface area contributed by atoms with E-state index in [4.69, 9.17) is 0 Å². The average Bonchev–Trinajstić information content (AvgIpc) is 2.94. The average molecular weight is 305 g/mol. The number of aryl methyl sites for hydroxylation is 2. The van der Waals surface area contributed by atoms with Crippen LogP contribution in [-0.4, -0.2) is 31.1 Å². The Hall–Kier alpha value is -2.97. The van der Waals surface area contributed by atoms with Gasteiger partial charge >= 0.3 is 5.69 Å². The van der Waals surface area contributed by atoms with Crippen molar-refractivity contribution in [1.29, 1.82) is 0 Å². The maximum Gasteiger partial charge on any atom is 0.312 e. The quantitative estimate of drug-likeness (QED) is 0.660. The third-order valence-corrected chi connectivity index (χ3v) is 3.25. The molecule has 9 nitrogen and oxygen atoms in total. The number of carbonyl (C=O) groups excluding carboxylic acids is 2. The first-order chi connectivity index (χ1) is 10.3. The molecule has 0 saturated carbocycles. The van der Waals surface area contributed by atoms with Crippen LogP contribution in [0.1, 0.15) is 21.9 Å². The number of hydrogen-bond donors (Lipinski definition) is 1. The smallest absolute Gasteiger partial charge is 0.312 e. The molecule has 0 spiro atoms. The molecule has 2 amide bonds. The van der Waals surface area contributed by atoms with E-state index in [0.717, 1.165) is 0 Å². The van der Waals surface area contributed by atoms with Crippen molar-refractivity contribution >= 4 is 17.5 Å². The van der Waals surface area contributed by atoms with Gasteiger partial charge in [-0.1, -0.05) is 0 Å². The van der Waals surface area contributed by atoms with Crippen LogP contribution in [0.25, 0.3) is 0 Å². The summed E-state index contributed by atoms with van der Waals surface area (Å²) in [5.41, 5.74) is 0.710. The van der Waals surface area contributed by atoms with Crippen molar-refractivity contribution in [3.05, 3.63) is 45.5 Å². The second-order valence-corrected chi connectivity index (χ2v) is 4.82. The molecule has 0 radical (unpaired) electrons. The van der Waals surface area contributed by atoms with Gasteiger partial charge in [0.15, 0.2) is 0 Å². The zero-order valence-electron chi connectivity index (χ0n) is 12.4. The third kappa shape index (κ3) is 2.87. The molecule has 0 unspecified atom stereocenters. The van der Waals surface area contributed by atoms with Gasteiger partial charge in [-0.15, -0.1) is 0 Å².